The SMILES string of the molecule is COc1cc(OC)c2c(=O)c(-c3cccc(OCC=C(C)C)c3OCC=C(C)C)coc2c1. The van der Waals surface area contributed by atoms with Crippen LogP contribution in [0.4, 0.5) is 0 Å². The second-order valence-electron chi connectivity index (χ2n) is 8.00. The van der Waals surface area contributed by atoms with Crippen LogP contribution < -0.4 is 24.4 Å². The summed E-state index contributed by atoms with van der Waals surface area (Å²) in [5, 5.41) is 0.335. The van der Waals surface area contributed by atoms with Crippen LogP contribution in [-0.4, -0.2) is 27.4 Å². The van der Waals surface area contributed by atoms with E-state index in [-0.39, 0.29) is 5.43 Å². The fraction of sp³-hybridized carbons (Fsp3) is 0.296. The van der Waals surface area contributed by atoms with Gasteiger partial charge >= 0.3 is 0 Å². The zero-order valence-corrected chi connectivity index (χ0v) is 20.0. The van der Waals surface area contributed by atoms with Gasteiger partial charge in [0.1, 0.15) is 41.9 Å². The molecule has 0 aliphatic carbocycles. The molecule has 0 aliphatic heterocycles. The summed E-state index contributed by atoms with van der Waals surface area (Å²) < 4.78 is 28.6. The molecule has 0 saturated carbocycles. The third-order valence-corrected chi connectivity index (χ3v) is 4.99. The van der Waals surface area contributed by atoms with Crippen molar-refractivity contribution in [1.29, 1.82) is 0 Å². The van der Waals surface area contributed by atoms with Crippen molar-refractivity contribution in [3.8, 4) is 34.1 Å². The van der Waals surface area contributed by atoms with Gasteiger partial charge in [0.05, 0.1) is 19.8 Å². The highest BCUT2D eigenvalue weighted by Crippen LogP contribution is 2.39. The summed E-state index contributed by atoms with van der Waals surface area (Å²) in [5.41, 5.74) is 3.36. The van der Waals surface area contributed by atoms with Crippen LogP contribution in [0.15, 0.2) is 69.1 Å². The van der Waals surface area contributed by atoms with Gasteiger partial charge < -0.3 is 23.4 Å². The van der Waals surface area contributed by atoms with Gasteiger partial charge in [0.2, 0.25) is 5.43 Å². The van der Waals surface area contributed by atoms with Gasteiger partial charge in [-0.25, -0.2) is 0 Å². The average molecular weight is 451 g/mol. The maximum atomic E-state index is 13.6. The monoisotopic (exact) mass is 450 g/mol. The van der Waals surface area contributed by atoms with E-state index in [1.807, 2.05) is 58.0 Å². The molecule has 1 aromatic heterocycles. The zero-order chi connectivity index (χ0) is 24.0. The lowest BCUT2D eigenvalue weighted by atomic mass is 10.0. The Morgan fingerprint density at radius 2 is 1.58 bits per heavy atom. The first-order valence-electron chi connectivity index (χ1n) is 10.7. The molecule has 3 aromatic rings. The van der Waals surface area contributed by atoms with Crippen molar-refractivity contribution in [2.24, 2.45) is 0 Å². The average Bonchev–Trinajstić information content (AvgIpc) is 2.79. The fourth-order valence-corrected chi connectivity index (χ4v) is 3.24. The predicted octanol–water partition coefficient (Wildman–Crippen LogP) is 6.17. The molecule has 0 atom stereocenters. The van der Waals surface area contributed by atoms with E-state index in [1.165, 1.54) is 13.4 Å². The van der Waals surface area contributed by atoms with E-state index in [4.69, 9.17) is 23.4 Å². The predicted molar refractivity (Wildman–Crippen MR) is 131 cm³/mol. The van der Waals surface area contributed by atoms with Gasteiger partial charge in [-0.15, -0.1) is 0 Å². The van der Waals surface area contributed by atoms with Crippen LogP contribution in [0.2, 0.25) is 0 Å². The molecule has 0 N–H and O–H groups in total. The highest BCUT2D eigenvalue weighted by Gasteiger charge is 2.20. The number of benzene rings is 2. The van der Waals surface area contributed by atoms with Gasteiger partial charge in [0.25, 0.3) is 0 Å². The Morgan fingerprint density at radius 3 is 2.21 bits per heavy atom. The van der Waals surface area contributed by atoms with Gasteiger partial charge in [-0.05, 0) is 45.9 Å². The molecule has 0 aliphatic rings. The lowest BCUT2D eigenvalue weighted by Gasteiger charge is -2.16. The van der Waals surface area contributed by atoms with E-state index >= 15 is 0 Å². The third-order valence-electron chi connectivity index (χ3n) is 4.99. The lowest BCUT2D eigenvalue weighted by molar-refractivity contribution is 0.308. The molecule has 2 aromatic carbocycles. The van der Waals surface area contributed by atoms with Crippen LogP contribution in [0, 0.1) is 0 Å². The highest BCUT2D eigenvalue weighted by molar-refractivity contribution is 5.89. The molecule has 0 bridgehead atoms. The van der Waals surface area contributed by atoms with Gasteiger partial charge in [0, 0.05) is 17.7 Å². The van der Waals surface area contributed by atoms with Crippen LogP contribution in [-0.2, 0) is 0 Å². The minimum Gasteiger partial charge on any atom is -0.496 e. The number of fused-ring (bicyclic) bond motifs is 1. The fourth-order valence-electron chi connectivity index (χ4n) is 3.24. The van der Waals surface area contributed by atoms with Crippen molar-refractivity contribution in [2.75, 3.05) is 27.4 Å². The number of para-hydroxylation sites is 1. The zero-order valence-electron chi connectivity index (χ0n) is 20.0. The molecule has 0 unspecified atom stereocenters. The van der Waals surface area contributed by atoms with E-state index in [0.29, 0.717) is 58.3 Å². The van der Waals surface area contributed by atoms with E-state index in [2.05, 4.69) is 0 Å². The summed E-state index contributed by atoms with van der Waals surface area (Å²) in [5.74, 6) is 1.95. The Labute approximate surface area is 194 Å². The van der Waals surface area contributed by atoms with Crippen LogP contribution in [0.25, 0.3) is 22.1 Å². The first-order chi connectivity index (χ1) is 15.8. The van der Waals surface area contributed by atoms with E-state index in [0.717, 1.165) is 11.1 Å². The van der Waals surface area contributed by atoms with Crippen molar-refractivity contribution < 1.29 is 23.4 Å². The molecule has 6 nitrogen and oxygen atoms in total. The number of methoxy groups -OCH3 is 2. The number of hydrogen-bond donors (Lipinski definition) is 0. The molecule has 0 amide bonds. The standard InChI is InChI=1S/C27H30O6/c1-17(2)10-12-31-22-9-7-8-20(27(22)32-13-11-18(3)4)21-16-33-24-15-19(29-5)14-23(30-6)25(24)26(21)28/h7-11,14-16H,12-13H2,1-6H3. The lowest BCUT2D eigenvalue weighted by Crippen LogP contribution is -2.09. The molecular weight excluding hydrogens is 420 g/mol. The van der Waals surface area contributed by atoms with Crippen molar-refractivity contribution in [3.63, 3.8) is 0 Å². The maximum Gasteiger partial charge on any atom is 0.204 e. The Hall–Kier alpha value is -3.67. The Balaban J connectivity index is 2.17. The second-order valence-corrected chi connectivity index (χ2v) is 8.00. The number of hydrogen-bond acceptors (Lipinski definition) is 6. The van der Waals surface area contributed by atoms with Crippen molar-refractivity contribution >= 4 is 11.0 Å². The minimum atomic E-state index is -0.232. The second kappa shape index (κ2) is 10.8. The van der Waals surface area contributed by atoms with Crippen LogP contribution in [0.1, 0.15) is 27.7 Å². The third kappa shape index (κ3) is 5.58. The van der Waals surface area contributed by atoms with Gasteiger partial charge in [-0.2, -0.15) is 0 Å². The maximum absolute atomic E-state index is 13.6. The smallest absolute Gasteiger partial charge is 0.204 e. The Bertz CT molecular complexity index is 1240. The van der Waals surface area contributed by atoms with E-state index in [9.17, 15) is 4.79 Å². The van der Waals surface area contributed by atoms with Crippen molar-refractivity contribution in [2.45, 2.75) is 27.7 Å². The van der Waals surface area contributed by atoms with Crippen molar-refractivity contribution in [3.05, 3.63) is 70.1 Å². The Kier molecular flexibility index (Phi) is 7.83. The molecule has 0 saturated heterocycles. The molecule has 33 heavy (non-hydrogen) atoms. The van der Waals surface area contributed by atoms with Gasteiger partial charge in [-0.1, -0.05) is 23.3 Å². The summed E-state index contributed by atoms with van der Waals surface area (Å²) in [7, 11) is 3.05. The number of ether oxygens (including phenoxy) is 4. The largest absolute Gasteiger partial charge is 0.496 e. The first kappa shape index (κ1) is 24.0. The van der Waals surface area contributed by atoms with Crippen LogP contribution in [0.3, 0.4) is 0 Å². The highest BCUT2D eigenvalue weighted by atomic mass is 16.5. The summed E-state index contributed by atoms with van der Waals surface area (Å²) in [6, 6.07) is 8.80. The first-order valence-corrected chi connectivity index (χ1v) is 10.7. The molecule has 1 heterocycles. The Morgan fingerprint density at radius 1 is 0.879 bits per heavy atom. The molecule has 3 rings (SSSR count). The molecular formula is C27H30O6. The van der Waals surface area contributed by atoms with Crippen molar-refractivity contribution in [1.82, 2.24) is 0 Å². The topological polar surface area (TPSA) is 67.1 Å². The summed E-state index contributed by atoms with van der Waals surface area (Å²) >= 11 is 0. The normalized spacial score (nSPS) is 10.5. The minimum absolute atomic E-state index is 0.232. The summed E-state index contributed by atoms with van der Waals surface area (Å²) in [4.78, 5) is 13.6. The molecule has 0 fully saturated rings. The van der Waals surface area contributed by atoms with Gasteiger partial charge in [-0.3, -0.25) is 4.79 Å². The molecule has 0 radical (unpaired) electrons. The van der Waals surface area contributed by atoms with Gasteiger partial charge in [0.15, 0.2) is 11.5 Å². The molecule has 174 valence electrons. The van der Waals surface area contributed by atoms with Crippen LogP contribution in [0.5, 0.6) is 23.0 Å². The van der Waals surface area contributed by atoms with E-state index < -0.39 is 0 Å². The number of allylic oxidation sites excluding steroid dienone is 2. The van der Waals surface area contributed by atoms with Crippen LogP contribution >= 0.6 is 0 Å². The molecule has 6 heteroatoms. The number of rotatable bonds is 9. The summed E-state index contributed by atoms with van der Waals surface area (Å²) in [6.45, 7) is 8.76. The quantitative estimate of drug-likeness (QED) is 0.363. The van der Waals surface area contributed by atoms with E-state index in [1.54, 1.807) is 19.2 Å². The summed E-state index contributed by atoms with van der Waals surface area (Å²) in [6.07, 6.45) is 5.39. The molecule has 0 spiro atoms.